The quantitative estimate of drug-likeness (QED) is 0.782. The molecule has 1 aromatic heterocycles. The van der Waals surface area contributed by atoms with Gasteiger partial charge in [-0.2, -0.15) is 5.10 Å². The van der Waals surface area contributed by atoms with Crippen molar-refractivity contribution in [3.8, 4) is 0 Å². The van der Waals surface area contributed by atoms with Gasteiger partial charge in [-0.25, -0.2) is 13.8 Å². The number of nitrogens with one attached hydrogen (secondary N) is 1. The predicted octanol–water partition coefficient (Wildman–Crippen LogP) is 3.49. The van der Waals surface area contributed by atoms with E-state index >= 15 is 0 Å². The minimum Gasteiger partial charge on any atom is -0.263 e. The molecular weight excluding hydrogens is 248 g/mol. The van der Waals surface area contributed by atoms with Crippen LogP contribution in [0.25, 0.3) is 10.8 Å². The summed E-state index contributed by atoms with van der Waals surface area (Å²) in [6.07, 6.45) is -2.17. The number of aromatic amines is 1. The molecule has 0 bridgehead atoms. The molecule has 0 amide bonds. The smallest absolute Gasteiger partial charge is 0.263 e. The number of hydrogen-bond donors (Lipinski definition) is 1. The summed E-state index contributed by atoms with van der Waals surface area (Å²) in [6, 6.07) is 14.0. The molecule has 96 valence electrons. The van der Waals surface area contributed by atoms with Crippen LogP contribution in [0.15, 0.2) is 42.5 Å². The normalized spacial score (nSPS) is 11.3. The zero-order chi connectivity index (χ0) is 13.2. The number of nitrogens with zero attached hydrogens (tertiary/aromatic N) is 2. The first kappa shape index (κ1) is 11.8. The number of hydrogen-bond acceptors (Lipinski definition) is 2. The van der Waals surface area contributed by atoms with E-state index in [1.807, 2.05) is 42.5 Å². The molecule has 0 aliphatic heterocycles. The van der Waals surface area contributed by atoms with Crippen LogP contribution in [0.4, 0.5) is 8.78 Å². The largest absolute Gasteiger partial charge is 0.299 e. The maximum atomic E-state index is 12.4. The second-order valence-corrected chi connectivity index (χ2v) is 4.30. The molecule has 0 saturated carbocycles. The Balaban J connectivity index is 1.87. The van der Waals surface area contributed by atoms with Crippen molar-refractivity contribution in [1.82, 2.24) is 15.2 Å². The van der Waals surface area contributed by atoms with E-state index < -0.39 is 12.2 Å². The Kier molecular flexibility index (Phi) is 2.95. The third-order valence-corrected chi connectivity index (χ3v) is 2.93. The molecule has 3 rings (SSSR count). The van der Waals surface area contributed by atoms with Crippen molar-refractivity contribution >= 4 is 10.8 Å². The fourth-order valence-electron chi connectivity index (χ4n) is 2.03. The van der Waals surface area contributed by atoms with Gasteiger partial charge in [-0.3, -0.25) is 5.10 Å². The molecule has 0 saturated heterocycles. The van der Waals surface area contributed by atoms with Crippen LogP contribution in [0.3, 0.4) is 0 Å². The zero-order valence-electron chi connectivity index (χ0n) is 9.98. The number of aromatic nitrogens is 3. The van der Waals surface area contributed by atoms with E-state index in [1.54, 1.807) is 0 Å². The first-order chi connectivity index (χ1) is 9.22. The van der Waals surface area contributed by atoms with Crippen molar-refractivity contribution in [2.45, 2.75) is 12.8 Å². The van der Waals surface area contributed by atoms with E-state index in [9.17, 15) is 8.78 Å². The summed E-state index contributed by atoms with van der Waals surface area (Å²) in [5.41, 5.74) is 1.01. The molecule has 0 atom stereocenters. The molecule has 3 aromatic rings. The van der Waals surface area contributed by atoms with Crippen molar-refractivity contribution in [3.05, 3.63) is 59.7 Å². The summed E-state index contributed by atoms with van der Waals surface area (Å²) in [5.74, 6) is 0.00127. The predicted molar refractivity (Wildman–Crippen MR) is 68.1 cm³/mol. The van der Waals surface area contributed by atoms with E-state index in [0.29, 0.717) is 12.2 Å². The second kappa shape index (κ2) is 4.76. The van der Waals surface area contributed by atoms with Gasteiger partial charge in [0.2, 0.25) is 5.82 Å². The van der Waals surface area contributed by atoms with Crippen LogP contribution in [0.2, 0.25) is 0 Å². The van der Waals surface area contributed by atoms with E-state index in [2.05, 4.69) is 15.2 Å². The fourth-order valence-corrected chi connectivity index (χ4v) is 2.03. The first-order valence-electron chi connectivity index (χ1n) is 5.89. The first-order valence-corrected chi connectivity index (χ1v) is 5.89. The van der Waals surface area contributed by atoms with Gasteiger partial charge in [0.15, 0.2) is 0 Å². The number of halogens is 2. The van der Waals surface area contributed by atoms with Crippen LogP contribution in [-0.2, 0) is 6.42 Å². The van der Waals surface area contributed by atoms with Crippen LogP contribution in [-0.4, -0.2) is 15.2 Å². The topological polar surface area (TPSA) is 41.6 Å². The molecule has 2 aromatic carbocycles. The fraction of sp³-hybridized carbons (Fsp3) is 0.143. The molecule has 3 nitrogen and oxygen atoms in total. The van der Waals surface area contributed by atoms with Gasteiger partial charge >= 0.3 is 0 Å². The average Bonchev–Trinajstić information content (AvgIpc) is 2.87. The molecule has 0 fully saturated rings. The molecule has 19 heavy (non-hydrogen) atoms. The minimum absolute atomic E-state index is 0.448. The van der Waals surface area contributed by atoms with Crippen LogP contribution in [0, 0.1) is 0 Å². The lowest BCUT2D eigenvalue weighted by molar-refractivity contribution is 0.140. The maximum absolute atomic E-state index is 12.4. The molecule has 5 heteroatoms. The summed E-state index contributed by atoms with van der Waals surface area (Å²) >= 11 is 0. The molecule has 0 radical (unpaired) electrons. The Bertz CT molecular complexity index is 706. The Morgan fingerprint density at radius 1 is 1.05 bits per heavy atom. The Morgan fingerprint density at radius 3 is 2.58 bits per heavy atom. The summed E-state index contributed by atoms with van der Waals surface area (Å²) in [7, 11) is 0. The third-order valence-electron chi connectivity index (χ3n) is 2.93. The lowest BCUT2D eigenvalue weighted by Gasteiger charge is -2.01. The molecule has 0 aliphatic rings. The van der Waals surface area contributed by atoms with Gasteiger partial charge in [-0.05, 0) is 16.3 Å². The summed E-state index contributed by atoms with van der Waals surface area (Å²) in [5, 5.41) is 8.30. The Labute approximate surface area is 108 Å². The van der Waals surface area contributed by atoms with Gasteiger partial charge in [-0.15, -0.1) is 0 Å². The van der Waals surface area contributed by atoms with E-state index in [1.165, 1.54) is 0 Å². The van der Waals surface area contributed by atoms with Gasteiger partial charge in [-0.1, -0.05) is 42.5 Å². The number of H-pyrrole nitrogens is 1. The summed E-state index contributed by atoms with van der Waals surface area (Å²) in [4.78, 5) is 3.77. The highest BCUT2D eigenvalue weighted by Crippen LogP contribution is 2.18. The van der Waals surface area contributed by atoms with Gasteiger partial charge in [0.1, 0.15) is 5.82 Å². The number of fused-ring (bicyclic) bond motifs is 1. The highest BCUT2D eigenvalue weighted by molar-refractivity contribution is 5.83. The molecule has 1 heterocycles. The number of rotatable bonds is 3. The van der Waals surface area contributed by atoms with Gasteiger partial charge in [0.25, 0.3) is 6.43 Å². The van der Waals surface area contributed by atoms with Crippen LogP contribution < -0.4 is 0 Å². The van der Waals surface area contributed by atoms with Gasteiger partial charge in [0.05, 0.1) is 0 Å². The Morgan fingerprint density at radius 2 is 1.84 bits per heavy atom. The van der Waals surface area contributed by atoms with Crippen molar-refractivity contribution in [2.75, 3.05) is 0 Å². The maximum Gasteiger partial charge on any atom is 0.299 e. The lowest BCUT2D eigenvalue weighted by Crippen LogP contribution is -1.92. The number of alkyl halides is 2. The van der Waals surface area contributed by atoms with Crippen molar-refractivity contribution in [1.29, 1.82) is 0 Å². The number of benzene rings is 2. The average molecular weight is 259 g/mol. The summed E-state index contributed by atoms with van der Waals surface area (Å²) < 4.78 is 24.8. The highest BCUT2D eigenvalue weighted by atomic mass is 19.3. The zero-order valence-corrected chi connectivity index (χ0v) is 9.98. The monoisotopic (exact) mass is 259 g/mol. The van der Waals surface area contributed by atoms with Crippen molar-refractivity contribution < 1.29 is 8.78 Å². The van der Waals surface area contributed by atoms with Crippen molar-refractivity contribution in [3.63, 3.8) is 0 Å². The molecule has 1 N–H and O–H groups in total. The lowest BCUT2D eigenvalue weighted by atomic mass is 10.1. The van der Waals surface area contributed by atoms with Gasteiger partial charge in [0, 0.05) is 6.42 Å². The van der Waals surface area contributed by atoms with Crippen LogP contribution in [0.5, 0.6) is 0 Å². The minimum atomic E-state index is -2.64. The SMILES string of the molecule is FC(F)c1n[nH]c(Cc2ccc3ccccc3c2)n1. The van der Waals surface area contributed by atoms with E-state index in [0.717, 1.165) is 16.3 Å². The van der Waals surface area contributed by atoms with Gasteiger partial charge < -0.3 is 0 Å². The standard InChI is InChI=1S/C14H11F2N3/c15-13(16)14-17-12(18-19-14)8-9-5-6-10-3-1-2-4-11(10)7-9/h1-7,13H,8H2,(H,17,18,19). The van der Waals surface area contributed by atoms with E-state index in [-0.39, 0.29) is 0 Å². The van der Waals surface area contributed by atoms with Crippen LogP contribution in [0.1, 0.15) is 23.6 Å². The third kappa shape index (κ3) is 2.45. The van der Waals surface area contributed by atoms with Crippen molar-refractivity contribution in [2.24, 2.45) is 0 Å². The molecule has 0 aliphatic carbocycles. The highest BCUT2D eigenvalue weighted by Gasteiger charge is 2.13. The molecule has 0 unspecified atom stereocenters. The molecular formula is C14H11F2N3. The summed E-state index contributed by atoms with van der Waals surface area (Å²) in [6.45, 7) is 0. The van der Waals surface area contributed by atoms with E-state index in [4.69, 9.17) is 0 Å². The second-order valence-electron chi connectivity index (χ2n) is 4.30. The Hall–Kier alpha value is -2.30. The van der Waals surface area contributed by atoms with Crippen LogP contribution >= 0.6 is 0 Å². The molecule has 0 spiro atoms.